The molecule has 0 N–H and O–H groups in total. The molecule has 1 aliphatic carbocycles. The molecule has 3 heterocycles. The van der Waals surface area contributed by atoms with E-state index < -0.39 is 0 Å². The molecule has 0 saturated carbocycles. The minimum atomic E-state index is 0.699. The van der Waals surface area contributed by atoms with E-state index in [1.807, 2.05) is 0 Å². The number of fused-ring (bicyclic) bond motifs is 2. The number of aryl methyl sites for hydroxylation is 1. The number of aromatic nitrogens is 2. The van der Waals surface area contributed by atoms with Crippen LogP contribution in [-0.2, 0) is 19.4 Å². The molecule has 134 valence electrons. The highest BCUT2D eigenvalue weighted by Gasteiger charge is 2.29. The van der Waals surface area contributed by atoms with Gasteiger partial charge < -0.3 is 4.40 Å². The molecular weight excluding hydrogens is 320 g/mol. The molecule has 1 aromatic carbocycles. The lowest BCUT2D eigenvalue weighted by Gasteiger charge is -2.37. The van der Waals surface area contributed by atoms with E-state index in [1.165, 1.54) is 37.1 Å². The Bertz CT molecular complexity index is 896. The van der Waals surface area contributed by atoms with Crippen LogP contribution in [-0.4, -0.2) is 51.4 Å². The predicted octanol–water partition coefficient (Wildman–Crippen LogP) is 2.93. The zero-order valence-corrected chi connectivity index (χ0v) is 15.4. The van der Waals surface area contributed by atoms with Crippen LogP contribution in [0.15, 0.2) is 48.7 Å². The van der Waals surface area contributed by atoms with Crippen molar-refractivity contribution in [2.75, 3.05) is 26.2 Å². The summed E-state index contributed by atoms with van der Waals surface area (Å²) in [6.45, 7) is 7.66. The number of hydrogen-bond donors (Lipinski definition) is 0. The van der Waals surface area contributed by atoms with Crippen LogP contribution >= 0.6 is 0 Å². The summed E-state index contributed by atoms with van der Waals surface area (Å²) in [5.74, 6) is 1.08. The fraction of sp³-hybridized carbons (Fsp3) is 0.409. The van der Waals surface area contributed by atoms with Gasteiger partial charge in [0.2, 0.25) is 0 Å². The second kappa shape index (κ2) is 6.53. The molecule has 2 aliphatic rings. The van der Waals surface area contributed by atoms with Gasteiger partial charge in [0.1, 0.15) is 5.82 Å². The van der Waals surface area contributed by atoms with Crippen LogP contribution < -0.4 is 0 Å². The Morgan fingerprint density at radius 1 is 0.923 bits per heavy atom. The smallest absolute Gasteiger partial charge is 0.110 e. The summed E-state index contributed by atoms with van der Waals surface area (Å²) in [4.78, 5) is 10.1. The van der Waals surface area contributed by atoms with Crippen molar-refractivity contribution in [3.05, 3.63) is 71.3 Å². The quantitative estimate of drug-likeness (QED) is 0.729. The summed E-state index contributed by atoms with van der Waals surface area (Å²) >= 11 is 0. The molecule has 26 heavy (non-hydrogen) atoms. The Labute approximate surface area is 155 Å². The van der Waals surface area contributed by atoms with Crippen LogP contribution in [0.1, 0.15) is 22.6 Å². The molecule has 5 rings (SSSR count). The zero-order valence-electron chi connectivity index (χ0n) is 15.4. The molecule has 4 heteroatoms. The molecule has 1 saturated heterocycles. The minimum Gasteiger partial charge on any atom is -0.304 e. The summed E-state index contributed by atoms with van der Waals surface area (Å²) in [6.07, 6.45) is 4.55. The van der Waals surface area contributed by atoms with Crippen molar-refractivity contribution in [1.82, 2.24) is 19.2 Å². The van der Waals surface area contributed by atoms with E-state index in [9.17, 15) is 0 Å². The van der Waals surface area contributed by atoms with Crippen molar-refractivity contribution >= 4 is 5.52 Å². The largest absolute Gasteiger partial charge is 0.304 e. The molecule has 0 bridgehead atoms. The molecule has 0 unspecified atom stereocenters. The molecule has 1 aliphatic heterocycles. The first-order valence-electron chi connectivity index (χ1n) is 9.74. The minimum absolute atomic E-state index is 0.699. The van der Waals surface area contributed by atoms with Gasteiger partial charge in [0.05, 0.1) is 11.2 Å². The fourth-order valence-corrected chi connectivity index (χ4v) is 4.68. The monoisotopic (exact) mass is 346 g/mol. The molecule has 0 atom stereocenters. The van der Waals surface area contributed by atoms with Gasteiger partial charge in [-0.25, -0.2) is 4.98 Å². The maximum absolute atomic E-state index is 4.82. The molecule has 2 aromatic heterocycles. The van der Waals surface area contributed by atoms with Crippen molar-refractivity contribution in [2.24, 2.45) is 0 Å². The van der Waals surface area contributed by atoms with Gasteiger partial charge in [-0.1, -0.05) is 30.3 Å². The van der Waals surface area contributed by atoms with Crippen molar-refractivity contribution in [3.8, 4) is 0 Å². The molecular formula is C22H26N4. The summed E-state index contributed by atoms with van der Waals surface area (Å²) < 4.78 is 2.20. The van der Waals surface area contributed by atoms with Gasteiger partial charge in [-0.2, -0.15) is 0 Å². The number of benzene rings is 1. The molecule has 0 radical (unpaired) electrons. The van der Waals surface area contributed by atoms with Crippen molar-refractivity contribution in [1.29, 1.82) is 0 Å². The Balaban J connectivity index is 1.23. The van der Waals surface area contributed by atoms with Crippen LogP contribution in [0.2, 0.25) is 0 Å². The number of pyridine rings is 1. The van der Waals surface area contributed by atoms with Crippen molar-refractivity contribution in [3.63, 3.8) is 0 Å². The first-order valence-corrected chi connectivity index (χ1v) is 9.74. The number of hydrogen-bond acceptors (Lipinski definition) is 3. The third-order valence-electron chi connectivity index (χ3n) is 6.13. The van der Waals surface area contributed by atoms with E-state index in [4.69, 9.17) is 4.98 Å². The third kappa shape index (κ3) is 2.83. The van der Waals surface area contributed by atoms with E-state index >= 15 is 0 Å². The van der Waals surface area contributed by atoms with E-state index in [0.717, 1.165) is 25.5 Å². The molecule has 3 aromatic rings. The SMILES string of the molecule is Cc1nc(CN2CCN(C3Cc4ccccc4C3)CC2)c2ccccn12. The number of rotatable bonds is 3. The topological polar surface area (TPSA) is 23.8 Å². The highest BCUT2D eigenvalue weighted by Crippen LogP contribution is 2.26. The first kappa shape index (κ1) is 16.0. The van der Waals surface area contributed by atoms with Gasteiger partial charge in [-0.05, 0) is 43.0 Å². The van der Waals surface area contributed by atoms with Crippen LogP contribution in [0.4, 0.5) is 0 Å². The second-order valence-electron chi connectivity index (χ2n) is 7.70. The number of imidazole rings is 1. The van der Waals surface area contributed by atoms with Crippen molar-refractivity contribution in [2.45, 2.75) is 32.4 Å². The Morgan fingerprint density at radius 3 is 2.35 bits per heavy atom. The van der Waals surface area contributed by atoms with Crippen molar-refractivity contribution < 1.29 is 0 Å². The van der Waals surface area contributed by atoms with Crippen LogP contribution in [0, 0.1) is 6.92 Å². The van der Waals surface area contributed by atoms with Crippen LogP contribution in [0.3, 0.4) is 0 Å². The summed E-state index contributed by atoms with van der Waals surface area (Å²) in [6, 6.07) is 16.0. The second-order valence-corrected chi connectivity index (χ2v) is 7.70. The maximum atomic E-state index is 4.82. The lowest BCUT2D eigenvalue weighted by atomic mass is 10.1. The summed E-state index contributed by atoms with van der Waals surface area (Å²) in [5.41, 5.74) is 5.57. The first-order chi connectivity index (χ1) is 12.8. The van der Waals surface area contributed by atoms with Gasteiger partial charge in [-0.3, -0.25) is 9.80 Å². The molecule has 0 spiro atoms. The van der Waals surface area contributed by atoms with Crippen LogP contribution in [0.25, 0.3) is 5.52 Å². The molecule has 0 amide bonds. The fourth-order valence-electron chi connectivity index (χ4n) is 4.68. The Kier molecular flexibility index (Phi) is 4.03. The van der Waals surface area contributed by atoms with Gasteiger partial charge >= 0.3 is 0 Å². The van der Waals surface area contributed by atoms with E-state index in [2.05, 4.69) is 69.8 Å². The lowest BCUT2D eigenvalue weighted by Crippen LogP contribution is -2.50. The summed E-state index contributed by atoms with van der Waals surface area (Å²) in [7, 11) is 0. The van der Waals surface area contributed by atoms with Crippen LogP contribution in [0.5, 0.6) is 0 Å². The van der Waals surface area contributed by atoms with E-state index in [1.54, 1.807) is 11.1 Å². The normalized spacial score (nSPS) is 19.3. The summed E-state index contributed by atoms with van der Waals surface area (Å²) in [5, 5.41) is 0. The average molecular weight is 346 g/mol. The zero-order chi connectivity index (χ0) is 17.5. The van der Waals surface area contributed by atoms with Gasteiger partial charge in [0, 0.05) is 45.0 Å². The van der Waals surface area contributed by atoms with E-state index in [0.29, 0.717) is 6.04 Å². The Hall–Kier alpha value is -2.17. The Morgan fingerprint density at radius 2 is 1.62 bits per heavy atom. The number of nitrogens with zero attached hydrogens (tertiary/aromatic N) is 4. The van der Waals surface area contributed by atoms with Gasteiger partial charge in [0.15, 0.2) is 0 Å². The average Bonchev–Trinajstić information content (AvgIpc) is 3.24. The standard InChI is InChI=1S/C22H26N4/c1-17-23-21(22-8-4-5-9-26(17)22)16-24-10-12-25(13-11-24)20-14-18-6-2-3-7-19(18)15-20/h2-9,20H,10-16H2,1H3. The maximum Gasteiger partial charge on any atom is 0.110 e. The third-order valence-corrected chi connectivity index (χ3v) is 6.13. The number of piperazine rings is 1. The van der Waals surface area contributed by atoms with E-state index in [-0.39, 0.29) is 0 Å². The highest BCUT2D eigenvalue weighted by atomic mass is 15.3. The lowest BCUT2D eigenvalue weighted by molar-refractivity contribution is 0.0945. The predicted molar refractivity (Wildman–Crippen MR) is 104 cm³/mol. The van der Waals surface area contributed by atoms with Gasteiger partial charge in [0.25, 0.3) is 0 Å². The molecule has 1 fully saturated rings. The van der Waals surface area contributed by atoms with Gasteiger partial charge in [-0.15, -0.1) is 0 Å². The molecule has 4 nitrogen and oxygen atoms in total. The highest BCUT2D eigenvalue weighted by molar-refractivity contribution is 5.53.